The molecule has 0 aliphatic rings. The molecule has 10 nitrogen and oxygen atoms in total. The van der Waals surface area contributed by atoms with Gasteiger partial charge >= 0.3 is 6.03 Å². The van der Waals surface area contributed by atoms with E-state index >= 15 is 0 Å². The lowest BCUT2D eigenvalue weighted by atomic mass is 10.1. The van der Waals surface area contributed by atoms with E-state index in [1.54, 1.807) is 56.8 Å². The predicted molar refractivity (Wildman–Crippen MR) is 132 cm³/mol. The van der Waals surface area contributed by atoms with Gasteiger partial charge in [-0.3, -0.25) is 15.1 Å². The van der Waals surface area contributed by atoms with Gasteiger partial charge in [0.15, 0.2) is 11.5 Å². The van der Waals surface area contributed by atoms with E-state index in [0.717, 1.165) is 10.9 Å². The fourth-order valence-corrected chi connectivity index (χ4v) is 3.43. The van der Waals surface area contributed by atoms with Crippen LogP contribution >= 0.6 is 0 Å². The molecule has 4 rings (SSSR count). The summed E-state index contributed by atoms with van der Waals surface area (Å²) in [5, 5.41) is 17.0. The zero-order chi connectivity index (χ0) is 24.9. The Morgan fingerprint density at radius 2 is 1.60 bits per heavy atom. The van der Waals surface area contributed by atoms with Gasteiger partial charge in [-0.15, -0.1) is 0 Å². The van der Waals surface area contributed by atoms with Crippen molar-refractivity contribution in [2.45, 2.75) is 6.92 Å². The van der Waals surface area contributed by atoms with E-state index in [0.29, 0.717) is 39.9 Å². The van der Waals surface area contributed by atoms with Crippen LogP contribution in [0.15, 0.2) is 66.9 Å². The number of rotatable bonds is 7. The largest absolute Gasteiger partial charge is 0.493 e. The number of carbonyl (C=O) groups is 1. The molecule has 0 aliphatic heterocycles. The number of amides is 2. The molecule has 0 bridgehead atoms. The van der Waals surface area contributed by atoms with Crippen LogP contribution in [0.3, 0.4) is 0 Å². The van der Waals surface area contributed by atoms with Crippen molar-refractivity contribution in [1.82, 2.24) is 4.98 Å². The minimum absolute atomic E-state index is 0.118. The second-order valence-corrected chi connectivity index (χ2v) is 7.50. The normalized spacial score (nSPS) is 10.5. The van der Waals surface area contributed by atoms with Gasteiger partial charge in [0.05, 0.1) is 24.7 Å². The molecular formula is C25H22N4O6. The van der Waals surface area contributed by atoms with E-state index in [2.05, 4.69) is 15.6 Å². The van der Waals surface area contributed by atoms with Crippen LogP contribution in [0, 0.1) is 17.0 Å². The molecule has 3 aromatic carbocycles. The number of hydrogen-bond acceptors (Lipinski definition) is 7. The van der Waals surface area contributed by atoms with Gasteiger partial charge in [-0.1, -0.05) is 12.1 Å². The summed E-state index contributed by atoms with van der Waals surface area (Å²) in [6.07, 6.45) is 1.63. The van der Waals surface area contributed by atoms with Crippen molar-refractivity contribution in [3.8, 4) is 23.0 Å². The summed E-state index contributed by atoms with van der Waals surface area (Å²) in [6, 6.07) is 15.7. The standard InChI is InChI=1S/C25H22N4O6/c1-15-7-8-17(28-25(30)27-16-5-4-6-18(11-16)29(31)32)12-22(15)35-21-9-10-26-20-14-24(34-3)23(33-2)13-19(20)21/h4-14H,1-3H3,(H2,27,28,30). The molecule has 0 saturated heterocycles. The summed E-state index contributed by atoms with van der Waals surface area (Å²) < 4.78 is 17.0. The summed E-state index contributed by atoms with van der Waals surface area (Å²) in [5.41, 5.74) is 2.18. The molecule has 2 amide bonds. The lowest BCUT2D eigenvalue weighted by Crippen LogP contribution is -2.19. The summed E-state index contributed by atoms with van der Waals surface area (Å²) in [4.78, 5) is 27.3. The highest BCUT2D eigenvalue weighted by atomic mass is 16.6. The van der Waals surface area contributed by atoms with Gasteiger partial charge in [-0.25, -0.2) is 4.79 Å². The highest BCUT2D eigenvalue weighted by molar-refractivity contribution is 6.00. The van der Waals surface area contributed by atoms with Crippen molar-refractivity contribution in [3.05, 3.63) is 82.5 Å². The molecule has 4 aromatic rings. The van der Waals surface area contributed by atoms with Gasteiger partial charge in [-0.05, 0) is 36.8 Å². The van der Waals surface area contributed by atoms with Crippen LogP contribution < -0.4 is 24.8 Å². The molecule has 0 unspecified atom stereocenters. The monoisotopic (exact) mass is 474 g/mol. The van der Waals surface area contributed by atoms with Crippen molar-refractivity contribution in [2.24, 2.45) is 0 Å². The topological polar surface area (TPSA) is 125 Å². The number of ether oxygens (including phenoxy) is 3. The number of non-ortho nitro benzene ring substituents is 1. The minimum Gasteiger partial charge on any atom is -0.493 e. The van der Waals surface area contributed by atoms with E-state index in [1.165, 1.54) is 18.2 Å². The number of hydrogen-bond donors (Lipinski definition) is 2. The third-order valence-corrected chi connectivity index (χ3v) is 5.19. The van der Waals surface area contributed by atoms with E-state index in [1.807, 2.05) is 13.0 Å². The molecule has 0 radical (unpaired) electrons. The maximum Gasteiger partial charge on any atom is 0.323 e. The predicted octanol–water partition coefficient (Wildman–Crippen LogP) is 5.90. The molecule has 35 heavy (non-hydrogen) atoms. The number of fused-ring (bicyclic) bond motifs is 1. The van der Waals surface area contributed by atoms with Crippen molar-refractivity contribution in [3.63, 3.8) is 0 Å². The summed E-state index contributed by atoms with van der Waals surface area (Å²) in [5.74, 6) is 2.18. The van der Waals surface area contributed by atoms with Gasteiger partial charge in [0, 0.05) is 47.2 Å². The Bertz CT molecular complexity index is 1420. The Kier molecular flexibility index (Phi) is 6.63. The average Bonchev–Trinajstić information content (AvgIpc) is 2.85. The zero-order valence-electron chi connectivity index (χ0n) is 19.2. The Morgan fingerprint density at radius 1 is 0.886 bits per heavy atom. The minimum atomic E-state index is -0.550. The molecule has 0 saturated carbocycles. The van der Waals surface area contributed by atoms with Gasteiger partial charge < -0.3 is 24.8 Å². The molecule has 0 aliphatic carbocycles. The number of benzene rings is 3. The fourth-order valence-electron chi connectivity index (χ4n) is 3.43. The number of carbonyl (C=O) groups excluding carboxylic acids is 1. The number of nitrogens with one attached hydrogen (secondary N) is 2. The molecule has 1 aromatic heterocycles. The van der Waals surface area contributed by atoms with Crippen LogP contribution in [-0.4, -0.2) is 30.2 Å². The van der Waals surface area contributed by atoms with Crippen LogP contribution in [0.5, 0.6) is 23.0 Å². The van der Waals surface area contributed by atoms with Crippen molar-refractivity contribution in [1.29, 1.82) is 0 Å². The first-order chi connectivity index (χ1) is 16.9. The fraction of sp³-hybridized carbons (Fsp3) is 0.120. The molecule has 1 heterocycles. The zero-order valence-corrected chi connectivity index (χ0v) is 19.2. The number of aryl methyl sites for hydroxylation is 1. The lowest BCUT2D eigenvalue weighted by molar-refractivity contribution is -0.384. The summed E-state index contributed by atoms with van der Waals surface area (Å²) in [7, 11) is 3.11. The van der Waals surface area contributed by atoms with Crippen LogP contribution in [-0.2, 0) is 0 Å². The molecule has 2 N–H and O–H groups in total. The Balaban J connectivity index is 1.56. The number of methoxy groups -OCH3 is 2. The Hall–Kier alpha value is -4.86. The van der Waals surface area contributed by atoms with Gasteiger partial charge in [-0.2, -0.15) is 0 Å². The maximum absolute atomic E-state index is 12.5. The molecule has 0 spiro atoms. The van der Waals surface area contributed by atoms with Crippen molar-refractivity contribution >= 4 is 34.0 Å². The Labute approximate surface area is 200 Å². The average molecular weight is 474 g/mol. The third kappa shape index (κ3) is 5.22. The van der Waals surface area contributed by atoms with Crippen LogP contribution in [0.2, 0.25) is 0 Å². The first kappa shape index (κ1) is 23.3. The molecular weight excluding hydrogens is 452 g/mol. The quantitative estimate of drug-likeness (QED) is 0.252. The van der Waals surface area contributed by atoms with Gasteiger partial charge in [0.1, 0.15) is 11.5 Å². The van der Waals surface area contributed by atoms with Gasteiger partial charge in [0.2, 0.25) is 0 Å². The summed E-state index contributed by atoms with van der Waals surface area (Å²) in [6.45, 7) is 1.88. The summed E-state index contributed by atoms with van der Waals surface area (Å²) >= 11 is 0. The number of anilines is 2. The van der Waals surface area contributed by atoms with E-state index in [-0.39, 0.29) is 5.69 Å². The van der Waals surface area contributed by atoms with Crippen LogP contribution in [0.1, 0.15) is 5.56 Å². The molecule has 178 valence electrons. The SMILES string of the molecule is COc1cc2nccc(Oc3cc(NC(=O)Nc4cccc([N+](=O)[O-])c4)ccc3C)c2cc1OC. The van der Waals surface area contributed by atoms with Crippen LogP contribution in [0.4, 0.5) is 21.9 Å². The molecule has 0 atom stereocenters. The van der Waals surface area contributed by atoms with Crippen molar-refractivity contribution < 1.29 is 23.9 Å². The van der Waals surface area contributed by atoms with Crippen molar-refractivity contribution in [2.75, 3.05) is 24.9 Å². The third-order valence-electron chi connectivity index (χ3n) is 5.19. The first-order valence-electron chi connectivity index (χ1n) is 10.5. The number of nitro benzene ring substituents is 1. The number of urea groups is 1. The number of aromatic nitrogens is 1. The number of pyridine rings is 1. The second-order valence-electron chi connectivity index (χ2n) is 7.50. The number of nitrogens with zero attached hydrogens (tertiary/aromatic N) is 2. The molecule has 10 heteroatoms. The molecule has 0 fully saturated rings. The Morgan fingerprint density at radius 3 is 2.31 bits per heavy atom. The van der Waals surface area contributed by atoms with E-state index in [9.17, 15) is 14.9 Å². The smallest absolute Gasteiger partial charge is 0.323 e. The highest BCUT2D eigenvalue weighted by Crippen LogP contribution is 2.38. The van der Waals surface area contributed by atoms with E-state index < -0.39 is 11.0 Å². The maximum atomic E-state index is 12.5. The highest BCUT2D eigenvalue weighted by Gasteiger charge is 2.13. The second kappa shape index (κ2) is 9.96. The van der Waals surface area contributed by atoms with Gasteiger partial charge in [0.25, 0.3) is 5.69 Å². The number of nitro groups is 1. The van der Waals surface area contributed by atoms with Crippen LogP contribution in [0.25, 0.3) is 10.9 Å². The first-order valence-corrected chi connectivity index (χ1v) is 10.5. The lowest BCUT2D eigenvalue weighted by Gasteiger charge is -2.15. The van der Waals surface area contributed by atoms with E-state index in [4.69, 9.17) is 14.2 Å².